The first-order valence-corrected chi connectivity index (χ1v) is 5.24. The van der Waals surface area contributed by atoms with Crippen LogP contribution in [0.1, 0.15) is 19.3 Å². The van der Waals surface area contributed by atoms with E-state index in [9.17, 15) is 4.79 Å². The smallest absolute Gasteiger partial charge is 0.239 e. The summed E-state index contributed by atoms with van der Waals surface area (Å²) >= 11 is 0. The molecule has 1 aliphatic carbocycles. The molecule has 1 aliphatic heterocycles. The fraction of sp³-hybridized carbons (Fsp3) is 0.900. The van der Waals surface area contributed by atoms with Crippen molar-refractivity contribution < 1.29 is 9.53 Å². The number of likely N-dealkylation sites (tertiary alicyclic amines) is 1. The Morgan fingerprint density at radius 2 is 2.21 bits per heavy atom. The summed E-state index contributed by atoms with van der Waals surface area (Å²) in [7, 11) is 3.61. The van der Waals surface area contributed by atoms with Gasteiger partial charge in [-0.3, -0.25) is 4.79 Å². The number of hydrogen-bond acceptors (Lipinski definition) is 3. The van der Waals surface area contributed by atoms with Gasteiger partial charge in [0.15, 0.2) is 0 Å². The molecule has 1 heterocycles. The van der Waals surface area contributed by atoms with E-state index < -0.39 is 0 Å². The molecule has 1 atom stereocenters. The van der Waals surface area contributed by atoms with E-state index in [1.54, 1.807) is 12.0 Å². The summed E-state index contributed by atoms with van der Waals surface area (Å²) in [6.45, 7) is 0.886. The highest BCUT2D eigenvalue weighted by atomic mass is 16.5. The molecule has 0 bridgehead atoms. The molecular formula is C10H18N2O2. The maximum absolute atomic E-state index is 11.6. The lowest BCUT2D eigenvalue weighted by molar-refractivity contribution is -0.128. The molecule has 0 spiro atoms. The summed E-state index contributed by atoms with van der Waals surface area (Å²) in [5.41, 5.74) is 0. The van der Waals surface area contributed by atoms with Crippen molar-refractivity contribution in [2.45, 2.75) is 37.5 Å². The second-order valence-corrected chi connectivity index (χ2v) is 4.29. The van der Waals surface area contributed by atoms with Crippen LogP contribution in [0.2, 0.25) is 0 Å². The molecular weight excluding hydrogens is 180 g/mol. The van der Waals surface area contributed by atoms with Crippen molar-refractivity contribution in [3.05, 3.63) is 0 Å². The summed E-state index contributed by atoms with van der Waals surface area (Å²) < 4.78 is 5.19. The van der Waals surface area contributed by atoms with E-state index in [4.69, 9.17) is 4.74 Å². The zero-order valence-electron chi connectivity index (χ0n) is 8.82. The lowest BCUT2D eigenvalue weighted by Crippen LogP contribution is -2.51. The second-order valence-electron chi connectivity index (χ2n) is 4.29. The number of carbonyl (C=O) groups is 1. The molecule has 0 aromatic heterocycles. The van der Waals surface area contributed by atoms with Crippen LogP contribution in [0.15, 0.2) is 0 Å². The number of rotatable bonds is 3. The number of methoxy groups -OCH3 is 1. The highest BCUT2D eigenvalue weighted by Gasteiger charge is 2.35. The number of amides is 1. The lowest BCUT2D eigenvalue weighted by atomic mass is 9.88. The molecule has 0 radical (unpaired) electrons. The Morgan fingerprint density at radius 1 is 1.50 bits per heavy atom. The van der Waals surface area contributed by atoms with Gasteiger partial charge in [0.2, 0.25) is 5.91 Å². The summed E-state index contributed by atoms with van der Waals surface area (Å²) in [6, 6.07) is 0.545. The van der Waals surface area contributed by atoms with Gasteiger partial charge in [-0.05, 0) is 19.3 Å². The highest BCUT2D eigenvalue weighted by Crippen LogP contribution is 2.24. The Bertz CT molecular complexity index is 226. The van der Waals surface area contributed by atoms with Gasteiger partial charge in [-0.25, -0.2) is 0 Å². The van der Waals surface area contributed by atoms with Crippen molar-refractivity contribution in [2.24, 2.45) is 0 Å². The number of hydrogen-bond donors (Lipinski definition) is 1. The minimum atomic E-state index is 0.0582. The molecule has 1 N–H and O–H groups in total. The third-order valence-electron chi connectivity index (χ3n) is 3.29. The fourth-order valence-electron chi connectivity index (χ4n) is 2.16. The first kappa shape index (κ1) is 9.93. The highest BCUT2D eigenvalue weighted by molar-refractivity contribution is 5.83. The van der Waals surface area contributed by atoms with E-state index in [0.717, 1.165) is 25.8 Å². The van der Waals surface area contributed by atoms with Gasteiger partial charge in [0.05, 0.1) is 12.1 Å². The fourth-order valence-corrected chi connectivity index (χ4v) is 2.16. The largest absolute Gasteiger partial charge is 0.381 e. The number of nitrogens with zero attached hydrogens (tertiary/aromatic N) is 1. The lowest BCUT2D eigenvalue weighted by Gasteiger charge is -2.36. The van der Waals surface area contributed by atoms with Crippen molar-refractivity contribution in [1.82, 2.24) is 10.2 Å². The molecule has 1 saturated carbocycles. The van der Waals surface area contributed by atoms with Gasteiger partial charge in [0.1, 0.15) is 0 Å². The van der Waals surface area contributed by atoms with Crippen LogP contribution >= 0.6 is 0 Å². The summed E-state index contributed by atoms with van der Waals surface area (Å²) in [5, 5.41) is 3.39. The van der Waals surface area contributed by atoms with Crippen LogP contribution in [-0.2, 0) is 9.53 Å². The molecule has 1 saturated heterocycles. The van der Waals surface area contributed by atoms with Gasteiger partial charge in [-0.1, -0.05) is 0 Å². The third-order valence-corrected chi connectivity index (χ3v) is 3.29. The van der Waals surface area contributed by atoms with Crippen LogP contribution in [0.5, 0.6) is 0 Å². The van der Waals surface area contributed by atoms with Crippen LogP contribution in [0.4, 0.5) is 0 Å². The molecule has 2 rings (SSSR count). The van der Waals surface area contributed by atoms with Gasteiger partial charge in [-0.15, -0.1) is 0 Å². The van der Waals surface area contributed by atoms with Gasteiger partial charge in [-0.2, -0.15) is 0 Å². The molecule has 0 aromatic carbocycles. The average Bonchev–Trinajstić information content (AvgIpc) is 2.41. The monoisotopic (exact) mass is 198 g/mol. The zero-order chi connectivity index (χ0) is 10.1. The van der Waals surface area contributed by atoms with Crippen molar-refractivity contribution in [1.29, 1.82) is 0 Å². The molecule has 0 aromatic rings. The minimum Gasteiger partial charge on any atom is -0.381 e. The van der Waals surface area contributed by atoms with E-state index >= 15 is 0 Å². The maximum Gasteiger partial charge on any atom is 0.239 e. The standard InChI is InChI=1S/C10H18N2O2/c1-12-4-3-9(10(12)13)11-7-5-8(6-7)14-2/h7-9,11H,3-6H2,1-2H3. The zero-order valence-corrected chi connectivity index (χ0v) is 8.82. The molecule has 4 nitrogen and oxygen atoms in total. The Morgan fingerprint density at radius 3 is 2.71 bits per heavy atom. The van der Waals surface area contributed by atoms with E-state index in [1.807, 2.05) is 7.05 Å². The Hall–Kier alpha value is -0.610. The van der Waals surface area contributed by atoms with Crippen LogP contribution in [0.25, 0.3) is 0 Å². The molecule has 2 fully saturated rings. The summed E-state index contributed by atoms with van der Waals surface area (Å²) in [6.07, 6.45) is 3.44. The van der Waals surface area contributed by atoms with E-state index in [1.165, 1.54) is 0 Å². The minimum absolute atomic E-state index is 0.0582. The second kappa shape index (κ2) is 3.87. The molecule has 1 amide bonds. The first-order valence-electron chi connectivity index (χ1n) is 5.24. The van der Waals surface area contributed by atoms with Crippen molar-refractivity contribution in [3.8, 4) is 0 Å². The predicted molar refractivity (Wildman–Crippen MR) is 53.0 cm³/mol. The van der Waals surface area contributed by atoms with Crippen molar-refractivity contribution in [2.75, 3.05) is 20.7 Å². The van der Waals surface area contributed by atoms with Crippen LogP contribution in [-0.4, -0.2) is 49.7 Å². The topological polar surface area (TPSA) is 41.6 Å². The maximum atomic E-state index is 11.6. The Balaban J connectivity index is 1.74. The number of ether oxygens (including phenoxy) is 1. The molecule has 80 valence electrons. The van der Waals surface area contributed by atoms with Crippen LogP contribution < -0.4 is 5.32 Å². The predicted octanol–water partition coefficient (Wildman–Crippen LogP) is -0.0159. The van der Waals surface area contributed by atoms with E-state index in [0.29, 0.717) is 12.1 Å². The summed E-state index contributed by atoms with van der Waals surface area (Å²) in [4.78, 5) is 13.4. The van der Waals surface area contributed by atoms with Crippen LogP contribution in [0, 0.1) is 0 Å². The number of nitrogens with one attached hydrogen (secondary N) is 1. The van der Waals surface area contributed by atoms with Crippen molar-refractivity contribution in [3.63, 3.8) is 0 Å². The van der Waals surface area contributed by atoms with Gasteiger partial charge >= 0.3 is 0 Å². The molecule has 14 heavy (non-hydrogen) atoms. The quantitative estimate of drug-likeness (QED) is 0.693. The molecule has 4 heteroatoms. The van der Waals surface area contributed by atoms with E-state index in [2.05, 4.69) is 5.32 Å². The van der Waals surface area contributed by atoms with Crippen molar-refractivity contribution >= 4 is 5.91 Å². The SMILES string of the molecule is COC1CC(NC2CCN(C)C2=O)C1. The normalized spacial score (nSPS) is 37.4. The summed E-state index contributed by atoms with van der Waals surface area (Å²) in [5.74, 6) is 0.242. The van der Waals surface area contributed by atoms with Gasteiger partial charge in [0.25, 0.3) is 0 Å². The van der Waals surface area contributed by atoms with Gasteiger partial charge < -0.3 is 15.0 Å². The third kappa shape index (κ3) is 1.77. The molecule has 2 aliphatic rings. The first-order chi connectivity index (χ1) is 6.70. The Kier molecular flexibility index (Phi) is 2.74. The van der Waals surface area contributed by atoms with Gasteiger partial charge in [0, 0.05) is 26.7 Å². The number of likely N-dealkylation sites (N-methyl/N-ethyl adjacent to an activating group) is 1. The average molecular weight is 198 g/mol. The Labute approximate surface area is 84.6 Å². The number of carbonyl (C=O) groups excluding carboxylic acids is 1. The molecule has 1 unspecified atom stereocenters. The van der Waals surface area contributed by atoms with Crippen LogP contribution in [0.3, 0.4) is 0 Å². The van der Waals surface area contributed by atoms with E-state index in [-0.39, 0.29) is 11.9 Å².